The van der Waals surface area contributed by atoms with Crippen molar-refractivity contribution < 1.29 is 27.0 Å². The summed E-state index contributed by atoms with van der Waals surface area (Å²) in [5, 5.41) is 0. The maximum Gasteiger partial charge on any atom is 0.201 e. The Kier molecular flexibility index (Phi) is 6.42. The van der Waals surface area contributed by atoms with Gasteiger partial charge in [0.15, 0.2) is 23.2 Å². The second kappa shape index (κ2) is 8.99. The van der Waals surface area contributed by atoms with Crippen LogP contribution in [-0.2, 0) is 13.0 Å². The average Bonchev–Trinajstić information content (AvgIpc) is 2.73. The zero-order valence-electron chi connectivity index (χ0n) is 16.1. The molecule has 0 saturated carbocycles. The maximum atomic E-state index is 14.3. The fourth-order valence-electron chi connectivity index (χ4n) is 2.93. The Morgan fingerprint density at radius 3 is 1.97 bits per heavy atom. The van der Waals surface area contributed by atoms with E-state index in [1.54, 1.807) is 38.1 Å². The molecule has 0 amide bonds. The molecule has 3 rings (SSSR count). The minimum Gasteiger partial charge on any atom is -0.491 e. The molecule has 2 nitrogen and oxygen atoms in total. The minimum atomic E-state index is -1.04. The van der Waals surface area contributed by atoms with Crippen LogP contribution in [0.3, 0.4) is 0 Å². The van der Waals surface area contributed by atoms with E-state index >= 15 is 0 Å². The first-order valence-electron chi connectivity index (χ1n) is 9.26. The summed E-state index contributed by atoms with van der Waals surface area (Å²) >= 11 is 0. The van der Waals surface area contributed by atoms with Crippen LogP contribution in [0.15, 0.2) is 48.5 Å². The number of rotatable bonds is 7. The molecule has 0 atom stereocenters. The second-order valence-corrected chi connectivity index (χ2v) is 6.35. The molecule has 0 radical (unpaired) electrons. The van der Waals surface area contributed by atoms with E-state index < -0.39 is 23.3 Å². The molecule has 0 bridgehead atoms. The van der Waals surface area contributed by atoms with E-state index in [1.807, 2.05) is 0 Å². The smallest absolute Gasteiger partial charge is 0.201 e. The molecular formula is C23H20F4O2. The molecule has 0 heterocycles. The van der Waals surface area contributed by atoms with E-state index in [2.05, 4.69) is 0 Å². The zero-order chi connectivity index (χ0) is 21.0. The van der Waals surface area contributed by atoms with Crippen LogP contribution in [0.5, 0.6) is 11.5 Å². The van der Waals surface area contributed by atoms with Crippen molar-refractivity contribution in [2.24, 2.45) is 0 Å². The number of hydrogen-bond acceptors (Lipinski definition) is 2. The van der Waals surface area contributed by atoms with Gasteiger partial charge in [0.1, 0.15) is 12.4 Å². The lowest BCUT2D eigenvalue weighted by atomic mass is 10.0. The second-order valence-electron chi connectivity index (χ2n) is 6.35. The molecule has 0 aromatic heterocycles. The average molecular weight is 404 g/mol. The molecule has 6 heteroatoms. The number of hydrogen-bond donors (Lipinski definition) is 0. The predicted octanol–water partition coefficient (Wildman–Crippen LogP) is 6.45. The lowest BCUT2D eigenvalue weighted by Gasteiger charge is -2.11. The molecule has 0 aliphatic rings. The summed E-state index contributed by atoms with van der Waals surface area (Å²) in [5.74, 6) is -3.59. The SMILES string of the molecule is CCOc1ccc(-c2ccc(OCc3ccc(CC)c(F)c3F)cc2)c(F)c1F. The molecule has 0 saturated heterocycles. The molecule has 29 heavy (non-hydrogen) atoms. The van der Waals surface area contributed by atoms with E-state index in [9.17, 15) is 17.6 Å². The van der Waals surface area contributed by atoms with Gasteiger partial charge in [0.2, 0.25) is 5.82 Å². The van der Waals surface area contributed by atoms with Crippen molar-refractivity contribution in [1.82, 2.24) is 0 Å². The van der Waals surface area contributed by atoms with Crippen molar-refractivity contribution in [3.8, 4) is 22.6 Å². The van der Waals surface area contributed by atoms with Gasteiger partial charge in [0, 0.05) is 11.1 Å². The van der Waals surface area contributed by atoms with Gasteiger partial charge >= 0.3 is 0 Å². The van der Waals surface area contributed by atoms with Crippen LogP contribution in [0.4, 0.5) is 17.6 Å². The van der Waals surface area contributed by atoms with Gasteiger partial charge in [-0.25, -0.2) is 13.2 Å². The maximum absolute atomic E-state index is 14.3. The van der Waals surface area contributed by atoms with Gasteiger partial charge in [-0.1, -0.05) is 31.2 Å². The molecular weight excluding hydrogens is 384 g/mol. The molecule has 3 aromatic carbocycles. The standard InChI is InChI=1S/C23H20F4O2/c1-3-14-5-6-16(21(25)20(14)24)13-29-17-9-7-15(8-10-17)18-11-12-19(28-4-2)23(27)22(18)26/h5-12H,3-4,13H2,1-2H3. The molecule has 152 valence electrons. The van der Waals surface area contributed by atoms with E-state index in [0.29, 0.717) is 23.3 Å². The topological polar surface area (TPSA) is 18.5 Å². The molecule has 0 unspecified atom stereocenters. The van der Waals surface area contributed by atoms with Gasteiger partial charge in [-0.2, -0.15) is 4.39 Å². The Balaban J connectivity index is 1.75. The van der Waals surface area contributed by atoms with Crippen LogP contribution in [0.2, 0.25) is 0 Å². The van der Waals surface area contributed by atoms with E-state index in [0.717, 1.165) is 0 Å². The van der Waals surface area contributed by atoms with Crippen molar-refractivity contribution in [2.45, 2.75) is 26.9 Å². The van der Waals surface area contributed by atoms with E-state index in [-0.39, 0.29) is 30.1 Å². The van der Waals surface area contributed by atoms with Gasteiger partial charge in [-0.15, -0.1) is 0 Å². The number of aryl methyl sites for hydroxylation is 1. The Morgan fingerprint density at radius 1 is 0.655 bits per heavy atom. The van der Waals surface area contributed by atoms with Gasteiger partial charge < -0.3 is 9.47 Å². The molecule has 0 spiro atoms. The summed E-state index contributed by atoms with van der Waals surface area (Å²) in [6, 6.07) is 12.1. The monoisotopic (exact) mass is 404 g/mol. The van der Waals surface area contributed by atoms with Crippen LogP contribution < -0.4 is 9.47 Å². The molecule has 0 aliphatic heterocycles. The van der Waals surface area contributed by atoms with E-state index in [4.69, 9.17) is 9.47 Å². The summed E-state index contributed by atoms with van der Waals surface area (Å²) in [6.45, 7) is 3.50. The lowest BCUT2D eigenvalue weighted by molar-refractivity contribution is 0.297. The molecule has 0 aliphatic carbocycles. The summed E-state index contributed by atoms with van der Waals surface area (Å²) in [5.41, 5.74) is 0.936. The number of halogens is 4. The molecule has 0 N–H and O–H groups in total. The largest absolute Gasteiger partial charge is 0.491 e. The minimum absolute atomic E-state index is 0.0840. The normalized spacial score (nSPS) is 10.8. The van der Waals surface area contributed by atoms with Crippen molar-refractivity contribution in [3.63, 3.8) is 0 Å². The van der Waals surface area contributed by atoms with Crippen LogP contribution in [0.1, 0.15) is 25.0 Å². The lowest BCUT2D eigenvalue weighted by Crippen LogP contribution is -2.03. The van der Waals surface area contributed by atoms with Crippen molar-refractivity contribution >= 4 is 0 Å². The highest BCUT2D eigenvalue weighted by atomic mass is 19.2. The third-order valence-corrected chi connectivity index (χ3v) is 4.53. The summed E-state index contributed by atoms with van der Waals surface area (Å²) in [6.07, 6.45) is 0.397. The Hall–Kier alpha value is -3.02. The fourth-order valence-corrected chi connectivity index (χ4v) is 2.93. The highest BCUT2D eigenvalue weighted by Crippen LogP contribution is 2.31. The Labute approximate surface area is 166 Å². The predicted molar refractivity (Wildman–Crippen MR) is 103 cm³/mol. The Morgan fingerprint density at radius 2 is 1.31 bits per heavy atom. The summed E-state index contributed by atoms with van der Waals surface area (Å²) < 4.78 is 66.9. The number of ether oxygens (including phenoxy) is 2. The van der Waals surface area contributed by atoms with Crippen molar-refractivity contribution in [3.05, 3.63) is 82.9 Å². The molecule has 0 fully saturated rings. The number of benzene rings is 3. The van der Waals surface area contributed by atoms with Gasteiger partial charge in [0.05, 0.1) is 6.61 Å². The Bertz CT molecular complexity index is 1000. The van der Waals surface area contributed by atoms with E-state index in [1.165, 1.54) is 24.3 Å². The third kappa shape index (κ3) is 4.36. The van der Waals surface area contributed by atoms with Crippen LogP contribution in [-0.4, -0.2) is 6.61 Å². The first kappa shape index (κ1) is 20.7. The third-order valence-electron chi connectivity index (χ3n) is 4.53. The zero-order valence-corrected chi connectivity index (χ0v) is 16.1. The van der Waals surface area contributed by atoms with Crippen LogP contribution in [0.25, 0.3) is 11.1 Å². The molecule has 3 aromatic rings. The van der Waals surface area contributed by atoms with Crippen LogP contribution in [0, 0.1) is 23.3 Å². The summed E-state index contributed by atoms with van der Waals surface area (Å²) in [7, 11) is 0. The quantitative estimate of drug-likeness (QED) is 0.421. The van der Waals surface area contributed by atoms with Crippen molar-refractivity contribution in [1.29, 1.82) is 0 Å². The fraction of sp³-hybridized carbons (Fsp3) is 0.217. The van der Waals surface area contributed by atoms with Gasteiger partial charge in [-0.05, 0) is 48.7 Å². The van der Waals surface area contributed by atoms with Gasteiger partial charge in [0.25, 0.3) is 0 Å². The summed E-state index contributed by atoms with van der Waals surface area (Å²) in [4.78, 5) is 0. The highest BCUT2D eigenvalue weighted by Gasteiger charge is 2.16. The first-order valence-corrected chi connectivity index (χ1v) is 9.26. The van der Waals surface area contributed by atoms with Crippen molar-refractivity contribution in [2.75, 3.05) is 6.61 Å². The van der Waals surface area contributed by atoms with Crippen LogP contribution >= 0.6 is 0 Å². The highest BCUT2D eigenvalue weighted by molar-refractivity contribution is 5.66. The first-order chi connectivity index (χ1) is 14.0. The van der Waals surface area contributed by atoms with Gasteiger partial charge in [-0.3, -0.25) is 0 Å².